The van der Waals surface area contributed by atoms with E-state index in [9.17, 15) is 24.0 Å². The van der Waals surface area contributed by atoms with Crippen LogP contribution in [0.3, 0.4) is 0 Å². The fraction of sp³-hybridized carbons (Fsp3) is 0.356. The smallest absolute Gasteiger partial charge is 0.407 e. The van der Waals surface area contributed by atoms with E-state index in [2.05, 4.69) is 36.6 Å². The molecule has 4 amide bonds. The molecule has 4 atom stereocenters. The molecular formula is C45H48N4O6. The van der Waals surface area contributed by atoms with Crippen LogP contribution in [0, 0.1) is 0 Å². The zero-order chi connectivity index (χ0) is 38.9. The Morgan fingerprint density at radius 2 is 1.33 bits per heavy atom. The van der Waals surface area contributed by atoms with E-state index in [1.807, 2.05) is 67.6 Å². The first-order chi connectivity index (χ1) is 26.5. The van der Waals surface area contributed by atoms with Gasteiger partial charge in [-0.3, -0.25) is 19.2 Å². The van der Waals surface area contributed by atoms with Crippen LogP contribution in [0.1, 0.15) is 86.2 Å². The summed E-state index contributed by atoms with van der Waals surface area (Å²) in [6, 6.07) is 28.6. The lowest BCUT2D eigenvalue weighted by molar-refractivity contribution is -0.138. The third kappa shape index (κ3) is 7.37. The molecule has 4 aromatic carbocycles. The topological polar surface area (TPSA) is 125 Å². The van der Waals surface area contributed by atoms with Crippen molar-refractivity contribution in [2.24, 2.45) is 0 Å². The molecule has 4 aromatic rings. The highest BCUT2D eigenvalue weighted by Gasteiger charge is 2.40. The van der Waals surface area contributed by atoms with Crippen LogP contribution >= 0.6 is 0 Å². The number of carbonyl (C=O) groups excluding carboxylic acids is 5. The van der Waals surface area contributed by atoms with Crippen molar-refractivity contribution >= 4 is 35.3 Å². The van der Waals surface area contributed by atoms with Gasteiger partial charge in [-0.15, -0.1) is 0 Å². The predicted molar refractivity (Wildman–Crippen MR) is 210 cm³/mol. The lowest BCUT2D eigenvalue weighted by Gasteiger charge is -2.29. The molecule has 7 rings (SSSR count). The summed E-state index contributed by atoms with van der Waals surface area (Å²) in [5.41, 5.74) is 6.98. The van der Waals surface area contributed by atoms with Gasteiger partial charge in [0, 0.05) is 30.6 Å². The van der Waals surface area contributed by atoms with Crippen LogP contribution in [-0.4, -0.2) is 71.7 Å². The highest BCUT2D eigenvalue weighted by molar-refractivity contribution is 5.99. The predicted octanol–water partition coefficient (Wildman–Crippen LogP) is 6.93. The number of ketones is 1. The van der Waals surface area contributed by atoms with Crippen LogP contribution in [-0.2, 0) is 35.8 Å². The van der Waals surface area contributed by atoms with E-state index >= 15 is 0 Å². The minimum absolute atomic E-state index is 0.00493. The second kappa shape index (κ2) is 15.5. The molecule has 0 spiro atoms. The molecule has 0 unspecified atom stereocenters. The van der Waals surface area contributed by atoms with Crippen molar-refractivity contribution in [1.29, 1.82) is 0 Å². The van der Waals surface area contributed by atoms with Gasteiger partial charge in [0.1, 0.15) is 12.1 Å². The molecule has 2 N–H and O–H groups in total. The van der Waals surface area contributed by atoms with Crippen molar-refractivity contribution < 1.29 is 28.7 Å². The lowest BCUT2D eigenvalue weighted by atomic mass is 9.81. The number of amides is 4. The fourth-order valence-corrected chi connectivity index (χ4v) is 8.59. The van der Waals surface area contributed by atoms with E-state index in [0.717, 1.165) is 39.8 Å². The van der Waals surface area contributed by atoms with Gasteiger partial charge in [-0.05, 0) is 83.7 Å². The third-order valence-corrected chi connectivity index (χ3v) is 11.6. The van der Waals surface area contributed by atoms with Crippen LogP contribution in [0.5, 0.6) is 0 Å². The van der Waals surface area contributed by atoms with Gasteiger partial charge in [-0.1, -0.05) is 98.8 Å². The summed E-state index contributed by atoms with van der Waals surface area (Å²) in [7, 11) is 1.24. The van der Waals surface area contributed by atoms with Gasteiger partial charge >= 0.3 is 6.09 Å². The highest BCUT2D eigenvalue weighted by atomic mass is 16.5. The molecule has 2 fully saturated rings. The number of fused-ring (bicyclic) bond motifs is 3. The average Bonchev–Trinajstić information content (AvgIpc) is 3.95. The minimum atomic E-state index is -0.996. The SMILES string of the molecule is COC(=O)N[C@@H](C(=O)N1CCC[C@H]1C(=O)Nc1ccc2c(c1)C(C)(C)c1cc(CC(=O)[C@@H]3CCCN3C(=O)[C@H](C)c3ccccc3)ccc1-2)c1ccccc1. The number of rotatable bonds is 10. The van der Waals surface area contributed by atoms with Gasteiger partial charge in [0.15, 0.2) is 5.78 Å². The van der Waals surface area contributed by atoms with E-state index in [1.54, 1.807) is 34.1 Å². The first kappa shape index (κ1) is 37.5. The third-order valence-electron chi connectivity index (χ3n) is 11.6. The first-order valence-corrected chi connectivity index (χ1v) is 19.1. The number of hydrogen-bond acceptors (Lipinski definition) is 6. The van der Waals surface area contributed by atoms with Crippen molar-refractivity contribution in [1.82, 2.24) is 15.1 Å². The molecule has 2 saturated heterocycles. The van der Waals surface area contributed by atoms with Crippen LogP contribution < -0.4 is 10.6 Å². The number of likely N-dealkylation sites (tertiary alicyclic amines) is 2. The maximum Gasteiger partial charge on any atom is 0.407 e. The maximum atomic E-state index is 13.9. The summed E-state index contributed by atoms with van der Waals surface area (Å²) in [4.78, 5) is 70.5. The summed E-state index contributed by atoms with van der Waals surface area (Å²) >= 11 is 0. The van der Waals surface area contributed by atoms with Gasteiger partial charge in [0.05, 0.1) is 19.1 Å². The van der Waals surface area contributed by atoms with Crippen molar-refractivity contribution in [2.45, 2.75) is 82.3 Å². The Morgan fingerprint density at radius 3 is 1.98 bits per heavy atom. The quantitative estimate of drug-likeness (QED) is 0.182. The Bertz CT molecular complexity index is 2120. The van der Waals surface area contributed by atoms with Crippen LogP contribution in [0.4, 0.5) is 10.5 Å². The minimum Gasteiger partial charge on any atom is -0.453 e. The molecule has 10 heteroatoms. The number of ether oxygens (including phenoxy) is 1. The molecule has 1 aliphatic carbocycles. The van der Waals surface area contributed by atoms with Crippen LogP contribution in [0.15, 0.2) is 97.1 Å². The van der Waals surface area contributed by atoms with Crippen LogP contribution in [0.2, 0.25) is 0 Å². The van der Waals surface area contributed by atoms with Crippen molar-refractivity contribution in [3.8, 4) is 11.1 Å². The number of methoxy groups -OCH3 is 1. The Hall–Kier alpha value is -5.77. The Kier molecular flexibility index (Phi) is 10.6. The standard InChI is InChI=1S/C45H48N4O6/c1-28(30-13-7-5-8-14-30)42(52)48-23-11-17-37(48)39(50)26-29-19-21-33-34-22-20-32(27-36(34)45(2,3)35(33)25-29)46-41(51)38-18-12-24-49(38)43(53)40(47-44(54)55-4)31-15-9-6-10-16-31/h5-10,13-16,19-22,25,27-28,37-38,40H,11-12,17-18,23-24,26H2,1-4H3,(H,46,51)(H,47,54)/t28-,37+,38+,40-/m1/s1. The van der Waals surface area contributed by atoms with E-state index in [4.69, 9.17) is 4.74 Å². The summed E-state index contributed by atoms with van der Waals surface area (Å²) in [5, 5.41) is 5.71. The normalized spacial score (nSPS) is 19.2. The molecule has 0 radical (unpaired) electrons. The summed E-state index contributed by atoms with van der Waals surface area (Å²) in [6.45, 7) is 7.18. The number of nitrogens with one attached hydrogen (secondary N) is 2. The average molecular weight is 741 g/mol. The summed E-state index contributed by atoms with van der Waals surface area (Å²) in [5.74, 6) is -0.925. The molecule has 0 saturated carbocycles. The maximum absolute atomic E-state index is 13.9. The van der Waals surface area contributed by atoms with Crippen molar-refractivity contribution in [3.05, 3.63) is 125 Å². The summed E-state index contributed by atoms with van der Waals surface area (Å²) < 4.78 is 4.79. The molecule has 3 aliphatic rings. The molecule has 0 bridgehead atoms. The van der Waals surface area contributed by atoms with Gasteiger partial charge in [0.2, 0.25) is 11.8 Å². The van der Waals surface area contributed by atoms with Crippen LogP contribution in [0.25, 0.3) is 11.1 Å². The highest BCUT2D eigenvalue weighted by Crippen LogP contribution is 2.49. The monoisotopic (exact) mass is 740 g/mol. The molecule has 284 valence electrons. The Labute approximate surface area is 322 Å². The van der Waals surface area contributed by atoms with Gasteiger partial charge in [-0.2, -0.15) is 0 Å². The number of anilines is 1. The van der Waals surface area contributed by atoms with Crippen molar-refractivity contribution in [2.75, 3.05) is 25.5 Å². The second-order valence-corrected chi connectivity index (χ2v) is 15.4. The number of carbonyl (C=O) groups is 5. The van der Waals surface area contributed by atoms with Gasteiger partial charge < -0.3 is 25.2 Å². The van der Waals surface area contributed by atoms with Crippen molar-refractivity contribution in [3.63, 3.8) is 0 Å². The lowest BCUT2D eigenvalue weighted by Crippen LogP contribution is -2.48. The van der Waals surface area contributed by atoms with E-state index in [-0.39, 0.29) is 35.8 Å². The summed E-state index contributed by atoms with van der Waals surface area (Å²) in [6.07, 6.45) is 2.15. The van der Waals surface area contributed by atoms with E-state index < -0.39 is 29.6 Å². The number of Topliss-reactive ketones (excluding diaryl/α,β-unsaturated/α-hetero) is 1. The molecule has 0 aromatic heterocycles. The van der Waals surface area contributed by atoms with E-state index in [1.165, 1.54) is 7.11 Å². The van der Waals surface area contributed by atoms with Gasteiger partial charge in [0.25, 0.3) is 5.91 Å². The zero-order valence-corrected chi connectivity index (χ0v) is 31.8. The zero-order valence-electron chi connectivity index (χ0n) is 31.8. The Balaban J connectivity index is 1.04. The van der Waals surface area contributed by atoms with E-state index in [0.29, 0.717) is 43.6 Å². The first-order valence-electron chi connectivity index (χ1n) is 19.1. The second-order valence-electron chi connectivity index (χ2n) is 15.4. The molecule has 2 heterocycles. The van der Waals surface area contributed by atoms with Gasteiger partial charge in [-0.25, -0.2) is 4.79 Å². The number of hydrogen-bond donors (Lipinski definition) is 2. The molecule has 55 heavy (non-hydrogen) atoms. The Morgan fingerprint density at radius 1 is 0.745 bits per heavy atom. The number of alkyl carbamates (subject to hydrolysis) is 1. The fourth-order valence-electron chi connectivity index (χ4n) is 8.59. The molecular weight excluding hydrogens is 693 g/mol. The molecule has 2 aliphatic heterocycles. The molecule has 10 nitrogen and oxygen atoms in total. The number of nitrogens with zero attached hydrogens (tertiary/aromatic N) is 2. The largest absolute Gasteiger partial charge is 0.453 e. The number of benzene rings is 4.